The van der Waals surface area contributed by atoms with Crippen LogP contribution in [-0.2, 0) is 9.59 Å². The lowest BCUT2D eigenvalue weighted by Gasteiger charge is -2.35. The lowest BCUT2D eigenvalue weighted by molar-refractivity contribution is -0.142. The molecule has 4 nitrogen and oxygen atoms in total. The normalized spacial score (nSPS) is 15.7. The molecule has 2 amide bonds. The minimum absolute atomic E-state index is 0.0459. The smallest absolute Gasteiger partial charge is 0.227 e. The Balaban J connectivity index is 1.63. The van der Waals surface area contributed by atoms with Crippen molar-refractivity contribution in [2.75, 3.05) is 18.4 Å². The molecule has 0 spiro atoms. The first-order chi connectivity index (χ1) is 12.4. The van der Waals surface area contributed by atoms with Gasteiger partial charge in [-0.15, -0.1) is 11.3 Å². The monoisotopic (exact) mass is 370 g/mol. The number of carbonyl (C=O) groups excluding carboxylic acids is 2. The fourth-order valence-corrected chi connectivity index (χ4v) is 4.06. The Bertz CT molecular complexity index is 770. The number of nitrogens with one attached hydrogen (secondary N) is 1. The molecule has 0 unspecified atom stereocenters. The molecule has 0 bridgehead atoms. The Labute approximate surface area is 159 Å². The minimum Gasteiger partial charge on any atom is -0.342 e. The summed E-state index contributed by atoms with van der Waals surface area (Å²) >= 11 is 1.66. The van der Waals surface area contributed by atoms with Crippen LogP contribution < -0.4 is 5.32 Å². The van der Waals surface area contributed by atoms with Gasteiger partial charge in [0.1, 0.15) is 0 Å². The molecule has 1 aliphatic heterocycles. The topological polar surface area (TPSA) is 49.4 Å². The maximum Gasteiger partial charge on any atom is 0.227 e. The van der Waals surface area contributed by atoms with Gasteiger partial charge >= 0.3 is 0 Å². The van der Waals surface area contributed by atoms with Crippen LogP contribution in [0.25, 0.3) is 10.4 Å². The second-order valence-corrected chi connectivity index (χ2v) is 8.78. The summed E-state index contributed by atoms with van der Waals surface area (Å²) in [5, 5.41) is 5.14. The molecule has 5 heteroatoms. The van der Waals surface area contributed by atoms with E-state index in [2.05, 4.69) is 11.4 Å². The Morgan fingerprint density at radius 1 is 1.08 bits per heavy atom. The maximum absolute atomic E-state index is 12.8. The Morgan fingerprint density at radius 3 is 2.38 bits per heavy atom. The minimum atomic E-state index is -0.366. The predicted molar refractivity (Wildman–Crippen MR) is 107 cm³/mol. The number of carbonyl (C=O) groups is 2. The van der Waals surface area contributed by atoms with Gasteiger partial charge in [0.05, 0.1) is 0 Å². The van der Waals surface area contributed by atoms with Crippen molar-refractivity contribution in [2.45, 2.75) is 33.6 Å². The molecule has 0 saturated carbocycles. The second-order valence-electron chi connectivity index (χ2n) is 7.83. The Hall–Kier alpha value is -2.14. The zero-order valence-corrected chi connectivity index (χ0v) is 16.4. The van der Waals surface area contributed by atoms with E-state index in [1.807, 2.05) is 61.4 Å². The molecule has 0 radical (unpaired) electrons. The highest BCUT2D eigenvalue weighted by molar-refractivity contribution is 7.13. The van der Waals surface area contributed by atoms with E-state index in [-0.39, 0.29) is 23.1 Å². The molecule has 1 aromatic heterocycles. The largest absolute Gasteiger partial charge is 0.342 e. The fraction of sp³-hybridized carbons (Fsp3) is 0.429. The molecule has 1 saturated heterocycles. The van der Waals surface area contributed by atoms with Crippen LogP contribution in [0.15, 0.2) is 41.8 Å². The van der Waals surface area contributed by atoms with Crippen LogP contribution in [0, 0.1) is 11.3 Å². The molecule has 26 heavy (non-hydrogen) atoms. The van der Waals surface area contributed by atoms with Crippen LogP contribution in [0.1, 0.15) is 33.6 Å². The molecule has 1 aliphatic rings. The molecule has 2 heterocycles. The van der Waals surface area contributed by atoms with Crippen molar-refractivity contribution in [3.63, 3.8) is 0 Å². The number of benzene rings is 1. The van der Waals surface area contributed by atoms with Crippen molar-refractivity contribution in [3.05, 3.63) is 41.8 Å². The number of rotatable bonds is 3. The van der Waals surface area contributed by atoms with Gasteiger partial charge in [0, 0.05) is 40.6 Å². The fourth-order valence-electron chi connectivity index (χ4n) is 3.29. The van der Waals surface area contributed by atoms with Gasteiger partial charge in [-0.25, -0.2) is 0 Å². The van der Waals surface area contributed by atoms with Crippen molar-refractivity contribution >= 4 is 28.8 Å². The van der Waals surface area contributed by atoms with E-state index in [1.165, 1.54) is 0 Å². The lowest BCUT2D eigenvalue weighted by atomic mass is 9.90. The third kappa shape index (κ3) is 4.15. The summed E-state index contributed by atoms with van der Waals surface area (Å²) in [6.07, 6.45) is 1.43. The van der Waals surface area contributed by atoms with Crippen LogP contribution in [0.3, 0.4) is 0 Å². The van der Waals surface area contributed by atoms with Crippen LogP contribution in [0.5, 0.6) is 0 Å². The molecule has 1 N–H and O–H groups in total. The zero-order valence-electron chi connectivity index (χ0n) is 15.6. The molecule has 138 valence electrons. The van der Waals surface area contributed by atoms with Crippen LogP contribution in [-0.4, -0.2) is 29.8 Å². The van der Waals surface area contributed by atoms with Gasteiger partial charge in [0.15, 0.2) is 0 Å². The molecule has 2 aromatic rings. The van der Waals surface area contributed by atoms with Crippen LogP contribution >= 0.6 is 11.3 Å². The van der Waals surface area contributed by atoms with Crippen LogP contribution in [0.2, 0.25) is 0 Å². The molecule has 1 aromatic carbocycles. The number of para-hydroxylation sites is 1. The summed E-state index contributed by atoms with van der Waals surface area (Å²) in [5.74, 6) is 0.173. The summed E-state index contributed by atoms with van der Waals surface area (Å²) in [5.41, 5.74) is 1.54. The van der Waals surface area contributed by atoms with E-state index in [4.69, 9.17) is 0 Å². The van der Waals surface area contributed by atoms with E-state index in [0.717, 1.165) is 29.0 Å². The van der Waals surface area contributed by atoms with Gasteiger partial charge < -0.3 is 10.2 Å². The predicted octanol–water partition coefficient (Wildman–Crippen LogP) is 4.64. The third-order valence-electron chi connectivity index (χ3n) is 4.77. The molecule has 1 fully saturated rings. The number of hydrogen-bond donors (Lipinski definition) is 1. The molecule has 0 atom stereocenters. The number of anilines is 1. The Kier molecular flexibility index (Phi) is 5.47. The lowest BCUT2D eigenvalue weighted by Crippen LogP contribution is -2.45. The number of thiophene rings is 1. The van der Waals surface area contributed by atoms with Gasteiger partial charge in [-0.1, -0.05) is 45.0 Å². The van der Waals surface area contributed by atoms with E-state index >= 15 is 0 Å². The van der Waals surface area contributed by atoms with Crippen molar-refractivity contribution in [2.24, 2.45) is 11.3 Å². The first kappa shape index (κ1) is 18.6. The quantitative estimate of drug-likeness (QED) is 0.856. The number of hydrogen-bond acceptors (Lipinski definition) is 3. The zero-order chi connectivity index (χ0) is 18.7. The summed E-state index contributed by atoms with van der Waals surface area (Å²) in [6, 6.07) is 12.0. The highest BCUT2D eigenvalue weighted by Crippen LogP contribution is 2.32. The molecular weight excluding hydrogens is 344 g/mol. The van der Waals surface area contributed by atoms with Crippen molar-refractivity contribution in [1.82, 2.24) is 4.90 Å². The molecule has 0 aliphatic carbocycles. The highest BCUT2D eigenvalue weighted by atomic mass is 32.1. The molecule has 3 rings (SSSR count). The van der Waals surface area contributed by atoms with E-state index in [0.29, 0.717) is 13.1 Å². The SMILES string of the molecule is CC(C)(C)C(=O)N1CCC(C(=O)Nc2ccccc2-c2cccs2)CC1. The van der Waals surface area contributed by atoms with Gasteiger partial charge in [0.25, 0.3) is 0 Å². The summed E-state index contributed by atoms with van der Waals surface area (Å²) in [4.78, 5) is 28.2. The summed E-state index contributed by atoms with van der Waals surface area (Å²) in [7, 11) is 0. The van der Waals surface area contributed by atoms with E-state index in [1.54, 1.807) is 11.3 Å². The number of nitrogens with zero attached hydrogens (tertiary/aromatic N) is 1. The van der Waals surface area contributed by atoms with Crippen molar-refractivity contribution in [3.8, 4) is 10.4 Å². The summed E-state index contributed by atoms with van der Waals surface area (Å²) < 4.78 is 0. The van der Waals surface area contributed by atoms with E-state index < -0.39 is 0 Å². The molecular formula is C21H26N2O2S. The number of amides is 2. The van der Waals surface area contributed by atoms with Gasteiger partial charge in [0.2, 0.25) is 11.8 Å². The standard InChI is InChI=1S/C21H26N2O2S/c1-21(2,3)20(25)23-12-10-15(11-13-23)19(24)22-17-8-5-4-7-16(17)18-9-6-14-26-18/h4-9,14-15H,10-13H2,1-3H3,(H,22,24). The van der Waals surface area contributed by atoms with E-state index in [9.17, 15) is 9.59 Å². The van der Waals surface area contributed by atoms with Gasteiger partial charge in [-0.3, -0.25) is 9.59 Å². The average molecular weight is 371 g/mol. The third-order valence-corrected chi connectivity index (χ3v) is 5.67. The van der Waals surface area contributed by atoms with Gasteiger partial charge in [-0.2, -0.15) is 0 Å². The highest BCUT2D eigenvalue weighted by Gasteiger charge is 2.32. The average Bonchev–Trinajstić information content (AvgIpc) is 3.15. The first-order valence-electron chi connectivity index (χ1n) is 9.09. The first-order valence-corrected chi connectivity index (χ1v) is 9.97. The van der Waals surface area contributed by atoms with Crippen molar-refractivity contribution < 1.29 is 9.59 Å². The number of piperidine rings is 1. The summed E-state index contributed by atoms with van der Waals surface area (Å²) in [6.45, 7) is 7.13. The second kappa shape index (κ2) is 7.62. The van der Waals surface area contributed by atoms with Crippen LogP contribution in [0.4, 0.5) is 5.69 Å². The van der Waals surface area contributed by atoms with Gasteiger partial charge in [-0.05, 0) is 30.4 Å². The number of likely N-dealkylation sites (tertiary alicyclic amines) is 1. The van der Waals surface area contributed by atoms with Crippen molar-refractivity contribution in [1.29, 1.82) is 0 Å². The Morgan fingerprint density at radius 2 is 1.77 bits per heavy atom. The maximum atomic E-state index is 12.8.